The molecule has 0 aliphatic carbocycles. The van der Waals surface area contributed by atoms with Crippen LogP contribution in [0.25, 0.3) is 11.1 Å². The Morgan fingerprint density at radius 1 is 1.13 bits per heavy atom. The first-order chi connectivity index (χ1) is 18.0. The molecule has 8 nitrogen and oxygen atoms in total. The molecule has 2 unspecified atom stereocenters. The fourth-order valence-electron chi connectivity index (χ4n) is 4.39. The molecule has 3 aromatic rings. The second-order valence-corrected chi connectivity index (χ2v) is 12.5. The monoisotopic (exact) mass is 537 g/mol. The number of carbonyl (C=O) groups excluding carboxylic acids is 1. The van der Waals surface area contributed by atoms with E-state index in [9.17, 15) is 18.3 Å². The van der Waals surface area contributed by atoms with Gasteiger partial charge in [-0.3, -0.25) is 9.78 Å². The van der Waals surface area contributed by atoms with Crippen LogP contribution in [0.3, 0.4) is 0 Å². The number of aromatic nitrogens is 1. The minimum absolute atomic E-state index is 0.00688. The van der Waals surface area contributed by atoms with Crippen LogP contribution in [0.1, 0.15) is 50.8 Å². The van der Waals surface area contributed by atoms with Crippen LogP contribution >= 0.6 is 0 Å². The molecule has 0 radical (unpaired) electrons. The molecule has 38 heavy (non-hydrogen) atoms. The van der Waals surface area contributed by atoms with Gasteiger partial charge in [-0.25, -0.2) is 13.1 Å². The van der Waals surface area contributed by atoms with Gasteiger partial charge in [-0.2, -0.15) is 0 Å². The molecule has 3 N–H and O–H groups in total. The van der Waals surface area contributed by atoms with E-state index >= 15 is 0 Å². The van der Waals surface area contributed by atoms with Crippen molar-refractivity contribution in [2.24, 2.45) is 5.41 Å². The number of fused-ring (bicyclic) bond motifs is 1. The third kappa shape index (κ3) is 7.40. The highest BCUT2D eigenvalue weighted by molar-refractivity contribution is 7.90. The lowest BCUT2D eigenvalue weighted by Gasteiger charge is -2.27. The number of hydrogen-bond donors (Lipinski definition) is 3. The van der Waals surface area contributed by atoms with Crippen molar-refractivity contribution in [3.05, 3.63) is 78.1 Å². The molecule has 0 bridgehead atoms. The summed E-state index contributed by atoms with van der Waals surface area (Å²) in [5, 5.41) is 13.6. The van der Waals surface area contributed by atoms with Gasteiger partial charge in [0.1, 0.15) is 11.9 Å². The number of carbonyl (C=O) groups is 1. The maximum absolute atomic E-state index is 12.6. The number of ether oxygens (including phenoxy) is 1. The summed E-state index contributed by atoms with van der Waals surface area (Å²) in [5.41, 5.74) is 3.41. The fraction of sp³-hybridized carbons (Fsp3) is 0.379. The smallest absolute Gasteiger partial charge is 0.264 e. The molecule has 1 amide bonds. The lowest BCUT2D eigenvalue weighted by molar-refractivity contribution is -0.121. The van der Waals surface area contributed by atoms with Gasteiger partial charge in [0.25, 0.3) is 10.0 Å². The molecule has 2 atom stereocenters. The Labute approximate surface area is 224 Å². The summed E-state index contributed by atoms with van der Waals surface area (Å²) in [5.74, 6) is 0.315. The first-order valence-electron chi connectivity index (χ1n) is 12.7. The van der Waals surface area contributed by atoms with Crippen molar-refractivity contribution in [3.8, 4) is 16.9 Å². The number of hydrogen-bond acceptors (Lipinski definition) is 7. The van der Waals surface area contributed by atoms with Gasteiger partial charge in [0.05, 0.1) is 11.0 Å². The van der Waals surface area contributed by atoms with Gasteiger partial charge in [-0.1, -0.05) is 45.0 Å². The summed E-state index contributed by atoms with van der Waals surface area (Å²) in [4.78, 5) is 16.2. The Bertz CT molecular complexity index is 1350. The zero-order chi connectivity index (χ0) is 27.3. The van der Waals surface area contributed by atoms with Crippen LogP contribution < -0.4 is 14.8 Å². The maximum atomic E-state index is 12.6. The van der Waals surface area contributed by atoms with Crippen molar-refractivity contribution in [2.75, 3.05) is 13.1 Å². The van der Waals surface area contributed by atoms with E-state index in [-0.39, 0.29) is 22.8 Å². The zero-order valence-corrected chi connectivity index (χ0v) is 22.8. The van der Waals surface area contributed by atoms with Crippen molar-refractivity contribution in [1.29, 1.82) is 0 Å². The number of pyridine rings is 1. The quantitative estimate of drug-likeness (QED) is 0.378. The summed E-state index contributed by atoms with van der Waals surface area (Å²) in [6.45, 7) is 6.69. The lowest BCUT2D eigenvalue weighted by Crippen LogP contribution is -2.36. The minimum atomic E-state index is -3.92. The average molecular weight is 538 g/mol. The van der Waals surface area contributed by atoms with Gasteiger partial charge < -0.3 is 15.2 Å². The standard InChI is InChI=1S/C29H35N3O5S/c1-29(2,3)16-28(34)32-38(35,36)25-11-7-20(8-12-25)21-9-13-27-22(15-21)6-10-24(37-27)18-31-19-26(33)23-5-4-14-30-17-23/h4-5,7-9,11-15,17,24,26,31,33H,6,10,16,18-19H2,1-3H3,(H,32,34). The molecule has 1 aromatic heterocycles. The third-order valence-electron chi connectivity index (χ3n) is 6.31. The second kappa shape index (κ2) is 11.6. The lowest BCUT2D eigenvalue weighted by atomic mass is 9.92. The highest BCUT2D eigenvalue weighted by atomic mass is 32.2. The predicted octanol–water partition coefficient (Wildman–Crippen LogP) is 4.01. The molecular weight excluding hydrogens is 502 g/mol. The zero-order valence-electron chi connectivity index (χ0n) is 22.0. The van der Waals surface area contributed by atoms with Crippen molar-refractivity contribution < 1.29 is 23.1 Å². The van der Waals surface area contributed by atoms with Crippen LogP contribution in [-0.4, -0.2) is 43.6 Å². The molecule has 0 saturated carbocycles. The van der Waals surface area contributed by atoms with Gasteiger partial charge in [0.2, 0.25) is 5.91 Å². The van der Waals surface area contributed by atoms with E-state index in [2.05, 4.69) is 21.1 Å². The maximum Gasteiger partial charge on any atom is 0.264 e. The first-order valence-corrected chi connectivity index (χ1v) is 14.2. The van der Waals surface area contributed by atoms with E-state index in [1.165, 1.54) is 12.1 Å². The van der Waals surface area contributed by atoms with Gasteiger partial charge >= 0.3 is 0 Å². The van der Waals surface area contributed by atoms with Crippen LogP contribution in [0.2, 0.25) is 0 Å². The van der Waals surface area contributed by atoms with Crippen molar-refractivity contribution in [3.63, 3.8) is 0 Å². The van der Waals surface area contributed by atoms with E-state index in [1.54, 1.807) is 30.6 Å². The molecule has 9 heteroatoms. The van der Waals surface area contributed by atoms with Gasteiger partial charge in [0.15, 0.2) is 0 Å². The molecule has 0 saturated heterocycles. The number of aryl methyl sites for hydroxylation is 1. The highest BCUT2D eigenvalue weighted by Gasteiger charge is 2.23. The number of sulfonamides is 1. The number of nitrogens with zero attached hydrogens (tertiary/aromatic N) is 1. The van der Waals surface area contributed by atoms with E-state index in [0.717, 1.165) is 40.8 Å². The topological polar surface area (TPSA) is 118 Å². The largest absolute Gasteiger partial charge is 0.489 e. The van der Waals surface area contributed by atoms with Crippen LogP contribution in [0.15, 0.2) is 71.9 Å². The number of amides is 1. The number of rotatable bonds is 9. The Morgan fingerprint density at radius 3 is 2.55 bits per heavy atom. The second-order valence-electron chi connectivity index (χ2n) is 10.9. The van der Waals surface area contributed by atoms with Gasteiger partial charge in [-0.15, -0.1) is 0 Å². The Kier molecular flexibility index (Phi) is 8.50. The van der Waals surface area contributed by atoms with Gasteiger partial charge in [0, 0.05) is 37.5 Å². The third-order valence-corrected chi connectivity index (χ3v) is 7.69. The normalized spacial score (nSPS) is 16.3. The number of benzene rings is 2. The SMILES string of the molecule is CC(C)(C)CC(=O)NS(=O)(=O)c1ccc(-c2ccc3c(c2)CCC(CNCC(O)c2cccnc2)O3)cc1. The summed E-state index contributed by atoms with van der Waals surface area (Å²) >= 11 is 0. The molecule has 2 aromatic carbocycles. The van der Waals surface area contributed by atoms with E-state index in [0.29, 0.717) is 13.1 Å². The van der Waals surface area contributed by atoms with Crippen LogP contribution in [0, 0.1) is 5.41 Å². The van der Waals surface area contributed by atoms with E-state index < -0.39 is 22.0 Å². The summed E-state index contributed by atoms with van der Waals surface area (Å²) in [7, 11) is -3.92. The van der Waals surface area contributed by atoms with Crippen LogP contribution in [0.4, 0.5) is 0 Å². The number of aliphatic hydroxyl groups excluding tert-OH is 1. The highest BCUT2D eigenvalue weighted by Crippen LogP contribution is 2.32. The number of aliphatic hydroxyl groups is 1. The molecule has 1 aliphatic heterocycles. The molecule has 0 spiro atoms. The average Bonchev–Trinajstić information content (AvgIpc) is 2.87. The summed E-state index contributed by atoms with van der Waals surface area (Å²) in [6.07, 6.45) is 4.54. The predicted molar refractivity (Wildman–Crippen MR) is 146 cm³/mol. The van der Waals surface area contributed by atoms with Gasteiger partial charge in [-0.05, 0) is 65.3 Å². The Morgan fingerprint density at radius 2 is 1.87 bits per heavy atom. The van der Waals surface area contributed by atoms with E-state index in [4.69, 9.17) is 4.74 Å². The molecule has 1 aliphatic rings. The van der Waals surface area contributed by atoms with Crippen molar-refractivity contribution in [2.45, 2.75) is 57.1 Å². The molecule has 4 rings (SSSR count). The minimum Gasteiger partial charge on any atom is -0.489 e. The molecule has 2 heterocycles. The Balaban J connectivity index is 1.34. The van der Waals surface area contributed by atoms with Crippen molar-refractivity contribution in [1.82, 2.24) is 15.0 Å². The molecule has 0 fully saturated rings. The first kappa shape index (κ1) is 27.8. The van der Waals surface area contributed by atoms with E-state index in [1.807, 2.05) is 39.0 Å². The van der Waals surface area contributed by atoms with Crippen LogP contribution in [0.5, 0.6) is 5.75 Å². The fourth-order valence-corrected chi connectivity index (χ4v) is 5.38. The van der Waals surface area contributed by atoms with Crippen LogP contribution in [-0.2, 0) is 21.2 Å². The van der Waals surface area contributed by atoms with Crippen molar-refractivity contribution >= 4 is 15.9 Å². The Hall–Kier alpha value is -3.27. The molecular formula is C29H35N3O5S. The summed E-state index contributed by atoms with van der Waals surface area (Å²) < 4.78 is 33.6. The number of nitrogens with one attached hydrogen (secondary N) is 2. The molecule has 202 valence electrons. The summed E-state index contributed by atoms with van der Waals surface area (Å²) in [6, 6.07) is 16.1.